The van der Waals surface area contributed by atoms with E-state index in [1.807, 2.05) is 32.0 Å². The lowest BCUT2D eigenvalue weighted by molar-refractivity contribution is 0.0697. The van der Waals surface area contributed by atoms with Crippen molar-refractivity contribution in [3.8, 4) is 0 Å². The van der Waals surface area contributed by atoms with Crippen molar-refractivity contribution in [3.63, 3.8) is 0 Å². The fourth-order valence-electron chi connectivity index (χ4n) is 2.00. The van der Waals surface area contributed by atoms with Crippen molar-refractivity contribution in [2.75, 3.05) is 5.32 Å². The fourth-order valence-corrected chi connectivity index (χ4v) is 2.00. The number of nitrogens with one attached hydrogen (secondary N) is 1. The summed E-state index contributed by atoms with van der Waals surface area (Å²) in [7, 11) is 0. The third kappa shape index (κ3) is 3.10. The molecule has 0 aromatic heterocycles. The van der Waals surface area contributed by atoms with Crippen LogP contribution >= 0.6 is 0 Å². The lowest BCUT2D eigenvalue weighted by atomic mass is 10.1. The number of aryl methyl sites for hydroxylation is 2. The molecule has 0 unspecified atom stereocenters. The highest BCUT2D eigenvalue weighted by Gasteiger charge is 2.11. The third-order valence-corrected chi connectivity index (χ3v) is 2.71. The molecule has 0 atom stereocenters. The number of hydrogen-bond donors (Lipinski definition) is 2. The predicted octanol–water partition coefficient (Wildman–Crippen LogP) is 3.88. The van der Waals surface area contributed by atoms with Gasteiger partial charge in [0.2, 0.25) is 0 Å². The van der Waals surface area contributed by atoms with Crippen molar-refractivity contribution in [2.24, 2.45) is 0 Å². The van der Waals surface area contributed by atoms with Gasteiger partial charge < -0.3 is 10.4 Å². The van der Waals surface area contributed by atoms with E-state index in [0.29, 0.717) is 5.69 Å². The van der Waals surface area contributed by atoms with Crippen LogP contribution in [0.4, 0.5) is 15.8 Å². The maximum atomic E-state index is 13.1. The molecule has 0 bridgehead atoms. The van der Waals surface area contributed by atoms with Crippen molar-refractivity contribution >= 4 is 17.3 Å². The van der Waals surface area contributed by atoms with E-state index in [-0.39, 0.29) is 5.56 Å². The minimum absolute atomic E-state index is 0.0841. The van der Waals surface area contributed by atoms with Crippen molar-refractivity contribution in [3.05, 3.63) is 58.9 Å². The lowest BCUT2D eigenvalue weighted by Crippen LogP contribution is -2.03. The normalized spacial score (nSPS) is 10.3. The zero-order chi connectivity index (χ0) is 14.0. The topological polar surface area (TPSA) is 49.3 Å². The predicted molar refractivity (Wildman–Crippen MR) is 72.6 cm³/mol. The molecule has 2 aromatic carbocycles. The van der Waals surface area contributed by atoms with Crippen LogP contribution in [0.25, 0.3) is 0 Å². The molecule has 2 aromatic rings. The first-order valence-electron chi connectivity index (χ1n) is 5.84. The molecule has 0 aliphatic heterocycles. The Hall–Kier alpha value is -2.36. The first-order chi connectivity index (χ1) is 8.95. The second-order valence-electron chi connectivity index (χ2n) is 4.50. The van der Waals surface area contributed by atoms with Crippen LogP contribution in [0.15, 0.2) is 36.4 Å². The summed E-state index contributed by atoms with van der Waals surface area (Å²) in [5.74, 6) is -1.73. The number of rotatable bonds is 3. The van der Waals surface area contributed by atoms with Gasteiger partial charge in [-0.3, -0.25) is 0 Å². The number of hydrogen-bond acceptors (Lipinski definition) is 2. The standard InChI is InChI=1S/C15H14FNO2/c1-9-5-10(2)7-12(6-9)17-14-4-3-11(16)8-13(14)15(18)19/h3-8,17H,1-2H3,(H,18,19). The van der Waals surface area contributed by atoms with Gasteiger partial charge in [0.1, 0.15) is 5.82 Å². The monoisotopic (exact) mass is 259 g/mol. The number of carbonyl (C=O) groups is 1. The SMILES string of the molecule is Cc1cc(C)cc(Nc2ccc(F)cc2C(=O)O)c1. The zero-order valence-electron chi connectivity index (χ0n) is 10.7. The molecule has 98 valence electrons. The highest BCUT2D eigenvalue weighted by Crippen LogP contribution is 2.23. The Kier molecular flexibility index (Phi) is 3.51. The molecule has 0 saturated carbocycles. The minimum Gasteiger partial charge on any atom is -0.478 e. The first-order valence-corrected chi connectivity index (χ1v) is 5.84. The molecular weight excluding hydrogens is 245 g/mol. The molecule has 0 aliphatic rings. The number of halogens is 1. The Bertz CT molecular complexity index is 618. The van der Waals surface area contributed by atoms with Crippen molar-refractivity contribution in [1.29, 1.82) is 0 Å². The largest absolute Gasteiger partial charge is 0.478 e. The second kappa shape index (κ2) is 5.10. The Balaban J connectivity index is 2.40. The Morgan fingerprint density at radius 3 is 2.32 bits per heavy atom. The maximum Gasteiger partial charge on any atom is 0.337 e. The van der Waals surface area contributed by atoms with Crippen molar-refractivity contribution in [2.45, 2.75) is 13.8 Å². The number of aromatic carboxylic acids is 1. The summed E-state index contributed by atoms with van der Waals surface area (Å²) in [5, 5.41) is 12.1. The van der Waals surface area contributed by atoms with Crippen LogP contribution in [0.5, 0.6) is 0 Å². The van der Waals surface area contributed by atoms with Crippen molar-refractivity contribution in [1.82, 2.24) is 0 Å². The van der Waals surface area contributed by atoms with Gasteiger partial charge in [-0.2, -0.15) is 0 Å². The summed E-state index contributed by atoms with van der Waals surface area (Å²) in [4.78, 5) is 11.1. The summed E-state index contributed by atoms with van der Waals surface area (Å²) >= 11 is 0. The Morgan fingerprint density at radius 2 is 1.74 bits per heavy atom. The maximum absolute atomic E-state index is 13.1. The van der Waals surface area contributed by atoms with Crippen LogP contribution in [-0.2, 0) is 0 Å². The molecule has 2 rings (SSSR count). The van der Waals surface area contributed by atoms with E-state index in [9.17, 15) is 9.18 Å². The highest BCUT2D eigenvalue weighted by atomic mass is 19.1. The van der Waals surface area contributed by atoms with E-state index in [1.165, 1.54) is 12.1 Å². The van der Waals surface area contributed by atoms with Gasteiger partial charge >= 0.3 is 5.97 Å². The Morgan fingerprint density at radius 1 is 1.11 bits per heavy atom. The van der Waals surface area contributed by atoms with Gasteiger partial charge in [0.05, 0.1) is 11.3 Å². The van der Waals surface area contributed by atoms with Crippen LogP contribution in [-0.4, -0.2) is 11.1 Å². The molecule has 0 spiro atoms. The molecule has 0 aliphatic carbocycles. The number of carboxylic acids is 1. The van der Waals surface area contributed by atoms with Crippen molar-refractivity contribution < 1.29 is 14.3 Å². The molecule has 19 heavy (non-hydrogen) atoms. The molecule has 0 heterocycles. The first kappa shape index (κ1) is 13.1. The van der Waals surface area contributed by atoms with E-state index >= 15 is 0 Å². The van der Waals surface area contributed by atoms with E-state index in [0.717, 1.165) is 22.9 Å². The summed E-state index contributed by atoms with van der Waals surface area (Å²) in [6, 6.07) is 9.50. The lowest BCUT2D eigenvalue weighted by Gasteiger charge is -2.11. The molecular formula is C15H14FNO2. The Labute approximate surface area is 110 Å². The fraction of sp³-hybridized carbons (Fsp3) is 0.133. The highest BCUT2D eigenvalue weighted by molar-refractivity contribution is 5.95. The van der Waals surface area contributed by atoms with Gasteiger partial charge in [-0.1, -0.05) is 6.07 Å². The molecule has 2 N–H and O–H groups in total. The van der Waals surface area contributed by atoms with Crippen LogP contribution < -0.4 is 5.32 Å². The zero-order valence-corrected chi connectivity index (χ0v) is 10.7. The van der Waals surface area contributed by atoms with Gasteiger partial charge in [-0.05, 0) is 55.3 Å². The smallest absolute Gasteiger partial charge is 0.337 e. The quantitative estimate of drug-likeness (QED) is 0.879. The third-order valence-electron chi connectivity index (χ3n) is 2.71. The van der Waals surface area contributed by atoms with Crippen LogP contribution in [0.3, 0.4) is 0 Å². The number of benzene rings is 2. The van der Waals surface area contributed by atoms with E-state index in [2.05, 4.69) is 5.32 Å². The average molecular weight is 259 g/mol. The number of carboxylic acid groups (broad SMARTS) is 1. The molecule has 0 fully saturated rings. The molecule has 0 saturated heterocycles. The van der Waals surface area contributed by atoms with Gasteiger partial charge in [-0.15, -0.1) is 0 Å². The molecule has 4 heteroatoms. The van der Waals surface area contributed by atoms with Crippen LogP contribution in [0.1, 0.15) is 21.5 Å². The van der Waals surface area contributed by atoms with E-state index < -0.39 is 11.8 Å². The summed E-state index contributed by atoms with van der Waals surface area (Å²) < 4.78 is 13.1. The van der Waals surface area contributed by atoms with Gasteiger partial charge in [0.15, 0.2) is 0 Å². The summed E-state index contributed by atoms with van der Waals surface area (Å²) in [6.07, 6.45) is 0. The van der Waals surface area contributed by atoms with Crippen LogP contribution in [0, 0.1) is 19.7 Å². The summed E-state index contributed by atoms with van der Waals surface area (Å²) in [6.45, 7) is 3.92. The van der Waals surface area contributed by atoms with Gasteiger partial charge in [0.25, 0.3) is 0 Å². The molecule has 0 radical (unpaired) electrons. The summed E-state index contributed by atoms with van der Waals surface area (Å²) in [5.41, 5.74) is 3.22. The van der Waals surface area contributed by atoms with Crippen LogP contribution in [0.2, 0.25) is 0 Å². The van der Waals surface area contributed by atoms with E-state index in [4.69, 9.17) is 5.11 Å². The molecule has 0 amide bonds. The van der Waals surface area contributed by atoms with Gasteiger partial charge in [-0.25, -0.2) is 9.18 Å². The average Bonchev–Trinajstić information content (AvgIpc) is 2.30. The minimum atomic E-state index is -1.16. The van der Waals surface area contributed by atoms with E-state index in [1.54, 1.807) is 0 Å². The van der Waals surface area contributed by atoms with Gasteiger partial charge in [0, 0.05) is 5.69 Å². The second-order valence-corrected chi connectivity index (χ2v) is 4.50. The molecule has 3 nitrogen and oxygen atoms in total. The number of anilines is 2.